The smallest absolute Gasteiger partial charge is 0.353 e. The van der Waals surface area contributed by atoms with E-state index in [0.29, 0.717) is 33.8 Å². The molecule has 3 N–H and O–H groups in total. The number of phenolic OH excluding ortho intramolecular Hbond substituents is 1. The van der Waals surface area contributed by atoms with Gasteiger partial charge in [0.05, 0.1) is 35.1 Å². The minimum Gasteiger partial charge on any atom is -0.508 e. The Morgan fingerprint density at radius 3 is 2.86 bits per heavy atom. The SMILES string of the molecule is O=C(O)c1c(-c2ccc[nH]c2=O)c2c3c(c(F)cc2n1Cc1cc2ccc(O)cc2nc1Cl)CCO3. The molecule has 6 rings (SSSR count). The number of aromatic hydroxyl groups is 1. The molecule has 0 aliphatic carbocycles. The van der Waals surface area contributed by atoms with E-state index in [1.807, 2.05) is 0 Å². The second-order valence-electron chi connectivity index (χ2n) is 8.50. The second-order valence-corrected chi connectivity index (χ2v) is 8.86. The highest BCUT2D eigenvalue weighted by Gasteiger charge is 2.32. The highest BCUT2D eigenvalue weighted by atomic mass is 35.5. The number of nitrogens with zero attached hydrogens (tertiary/aromatic N) is 2. The van der Waals surface area contributed by atoms with Crippen molar-refractivity contribution in [3.8, 4) is 22.6 Å². The molecule has 0 radical (unpaired) electrons. The number of aromatic amines is 1. The number of rotatable bonds is 4. The van der Waals surface area contributed by atoms with Gasteiger partial charge in [-0.3, -0.25) is 4.79 Å². The van der Waals surface area contributed by atoms with Gasteiger partial charge in [-0.05, 0) is 36.4 Å². The second kappa shape index (κ2) is 8.10. The summed E-state index contributed by atoms with van der Waals surface area (Å²) in [6.07, 6.45) is 1.78. The predicted octanol–water partition coefficient (Wildman–Crippen LogP) is 4.72. The molecule has 5 aromatic rings. The van der Waals surface area contributed by atoms with Gasteiger partial charge in [0.1, 0.15) is 28.2 Å². The molecule has 180 valence electrons. The Balaban J connectivity index is 1.69. The zero-order valence-electron chi connectivity index (χ0n) is 18.5. The largest absolute Gasteiger partial charge is 0.508 e. The van der Waals surface area contributed by atoms with Crippen LogP contribution in [0.4, 0.5) is 4.39 Å². The van der Waals surface area contributed by atoms with Gasteiger partial charge in [0.2, 0.25) is 0 Å². The van der Waals surface area contributed by atoms with Crippen molar-refractivity contribution >= 4 is 39.4 Å². The van der Waals surface area contributed by atoms with Crippen LogP contribution in [-0.4, -0.2) is 37.3 Å². The van der Waals surface area contributed by atoms with Crippen molar-refractivity contribution in [1.82, 2.24) is 14.5 Å². The number of benzene rings is 2. The van der Waals surface area contributed by atoms with Gasteiger partial charge in [-0.15, -0.1) is 0 Å². The third-order valence-electron chi connectivity index (χ3n) is 6.40. The maximum atomic E-state index is 15.1. The number of aromatic carboxylic acids is 1. The molecule has 8 nitrogen and oxygen atoms in total. The molecule has 0 atom stereocenters. The van der Waals surface area contributed by atoms with Gasteiger partial charge in [-0.2, -0.15) is 0 Å². The summed E-state index contributed by atoms with van der Waals surface area (Å²) < 4.78 is 22.3. The normalized spacial score (nSPS) is 12.7. The van der Waals surface area contributed by atoms with E-state index >= 15 is 4.39 Å². The summed E-state index contributed by atoms with van der Waals surface area (Å²) in [5.74, 6) is -1.54. The predicted molar refractivity (Wildman–Crippen MR) is 132 cm³/mol. The third kappa shape index (κ3) is 3.31. The first-order valence-corrected chi connectivity index (χ1v) is 11.4. The zero-order chi connectivity index (χ0) is 25.1. The number of carboxylic acids is 1. The number of carboxylic acid groups (broad SMARTS) is 1. The molecular weight excluding hydrogens is 489 g/mol. The van der Waals surface area contributed by atoms with Crippen molar-refractivity contribution in [1.29, 1.82) is 0 Å². The van der Waals surface area contributed by atoms with Crippen LogP contribution in [-0.2, 0) is 13.0 Å². The molecule has 0 saturated carbocycles. The number of nitrogens with one attached hydrogen (secondary N) is 1. The van der Waals surface area contributed by atoms with E-state index < -0.39 is 17.3 Å². The molecule has 1 aliphatic heterocycles. The highest BCUT2D eigenvalue weighted by Crippen LogP contribution is 2.44. The fourth-order valence-corrected chi connectivity index (χ4v) is 5.06. The van der Waals surface area contributed by atoms with Crippen molar-refractivity contribution in [2.45, 2.75) is 13.0 Å². The average Bonchev–Trinajstić information content (AvgIpc) is 3.44. The lowest BCUT2D eigenvalue weighted by atomic mass is 10.00. The van der Waals surface area contributed by atoms with Gasteiger partial charge in [0.25, 0.3) is 5.56 Å². The molecule has 2 aromatic carbocycles. The summed E-state index contributed by atoms with van der Waals surface area (Å²) >= 11 is 6.46. The first kappa shape index (κ1) is 22.1. The molecule has 0 spiro atoms. The van der Waals surface area contributed by atoms with Crippen molar-refractivity contribution in [3.05, 3.63) is 86.8 Å². The zero-order valence-corrected chi connectivity index (χ0v) is 19.3. The van der Waals surface area contributed by atoms with Crippen LogP contribution in [0.5, 0.6) is 11.5 Å². The number of fused-ring (bicyclic) bond motifs is 4. The molecule has 1 aliphatic rings. The van der Waals surface area contributed by atoms with Crippen LogP contribution >= 0.6 is 11.6 Å². The fourth-order valence-electron chi connectivity index (χ4n) is 4.85. The van der Waals surface area contributed by atoms with E-state index in [4.69, 9.17) is 16.3 Å². The first-order chi connectivity index (χ1) is 17.3. The van der Waals surface area contributed by atoms with Crippen LogP contribution in [0.15, 0.2) is 53.5 Å². The first-order valence-electron chi connectivity index (χ1n) is 11.0. The minimum atomic E-state index is -1.30. The Hall–Kier alpha value is -4.37. The Morgan fingerprint density at radius 2 is 2.08 bits per heavy atom. The van der Waals surface area contributed by atoms with Gasteiger partial charge in [0.15, 0.2) is 0 Å². The number of pyridine rings is 2. The van der Waals surface area contributed by atoms with Crippen LogP contribution in [0.25, 0.3) is 32.9 Å². The molecular formula is C26H17ClFN3O5. The average molecular weight is 506 g/mol. The summed E-state index contributed by atoms with van der Waals surface area (Å²) in [6.45, 7) is 0.181. The number of halogens is 2. The van der Waals surface area contributed by atoms with Gasteiger partial charge >= 0.3 is 5.97 Å². The lowest BCUT2D eigenvalue weighted by Crippen LogP contribution is -2.14. The Labute approximate surface area is 207 Å². The Bertz CT molecular complexity index is 1790. The number of aromatic nitrogens is 3. The Kier molecular flexibility index (Phi) is 4.97. The molecule has 0 unspecified atom stereocenters. The van der Waals surface area contributed by atoms with Gasteiger partial charge in [-0.1, -0.05) is 11.6 Å². The number of hydrogen-bond donors (Lipinski definition) is 3. The number of H-pyrrole nitrogens is 1. The van der Waals surface area contributed by atoms with Gasteiger partial charge < -0.3 is 24.5 Å². The molecule has 0 fully saturated rings. The topological polar surface area (TPSA) is 117 Å². The summed E-state index contributed by atoms with van der Waals surface area (Å²) in [4.78, 5) is 32.3. The van der Waals surface area contributed by atoms with Gasteiger partial charge in [0, 0.05) is 40.8 Å². The number of carbonyl (C=O) groups is 1. The Morgan fingerprint density at radius 1 is 1.25 bits per heavy atom. The van der Waals surface area contributed by atoms with Crippen LogP contribution in [0.1, 0.15) is 21.6 Å². The van der Waals surface area contributed by atoms with Crippen LogP contribution < -0.4 is 10.3 Å². The molecule has 0 amide bonds. The maximum absolute atomic E-state index is 15.1. The standard InChI is InChI=1S/C26H17ClFN3O5/c27-24-13(8-12-3-4-14(32)9-18(12)30-24)11-31-19-10-17(28)15-5-7-36-23(15)21(19)20(22(31)26(34)35)16-2-1-6-29-25(16)33/h1-4,6,8-10,32H,5,7,11H2,(H,29,33)(H,34,35). The van der Waals surface area contributed by atoms with E-state index in [-0.39, 0.29) is 52.1 Å². The van der Waals surface area contributed by atoms with E-state index in [1.165, 1.54) is 35.0 Å². The lowest BCUT2D eigenvalue weighted by molar-refractivity contribution is 0.0687. The number of ether oxygens (including phenoxy) is 1. The fraction of sp³-hybridized carbons (Fsp3) is 0.115. The quantitative estimate of drug-likeness (QED) is 0.304. The van der Waals surface area contributed by atoms with Crippen molar-refractivity contribution < 1.29 is 24.1 Å². The van der Waals surface area contributed by atoms with Crippen LogP contribution in [0.3, 0.4) is 0 Å². The molecule has 36 heavy (non-hydrogen) atoms. The van der Waals surface area contributed by atoms with E-state index in [0.717, 1.165) is 0 Å². The van der Waals surface area contributed by atoms with E-state index in [2.05, 4.69) is 9.97 Å². The number of hydrogen-bond acceptors (Lipinski definition) is 5. The van der Waals surface area contributed by atoms with E-state index in [9.17, 15) is 19.8 Å². The maximum Gasteiger partial charge on any atom is 0.353 e. The van der Waals surface area contributed by atoms with E-state index in [1.54, 1.807) is 18.2 Å². The summed E-state index contributed by atoms with van der Waals surface area (Å²) in [5.41, 5.74) is 1.12. The molecule has 4 heterocycles. The third-order valence-corrected chi connectivity index (χ3v) is 6.73. The monoisotopic (exact) mass is 505 g/mol. The lowest BCUT2D eigenvalue weighted by Gasteiger charge is -2.12. The van der Waals surface area contributed by atoms with Crippen molar-refractivity contribution in [3.63, 3.8) is 0 Å². The van der Waals surface area contributed by atoms with Gasteiger partial charge in [-0.25, -0.2) is 14.2 Å². The molecule has 0 saturated heterocycles. The van der Waals surface area contributed by atoms with Crippen molar-refractivity contribution in [2.75, 3.05) is 6.61 Å². The van der Waals surface area contributed by atoms with Crippen molar-refractivity contribution in [2.24, 2.45) is 0 Å². The molecule has 10 heteroatoms. The molecule has 0 bridgehead atoms. The molecule has 3 aromatic heterocycles. The summed E-state index contributed by atoms with van der Waals surface area (Å²) in [7, 11) is 0. The summed E-state index contributed by atoms with van der Waals surface area (Å²) in [5, 5.41) is 21.2. The number of phenols is 1. The van der Waals surface area contributed by atoms with Crippen LogP contribution in [0, 0.1) is 5.82 Å². The highest BCUT2D eigenvalue weighted by molar-refractivity contribution is 6.30. The summed E-state index contributed by atoms with van der Waals surface area (Å²) in [6, 6.07) is 10.8. The van der Waals surface area contributed by atoms with Crippen LogP contribution in [0.2, 0.25) is 5.15 Å². The minimum absolute atomic E-state index is 0.0328.